The van der Waals surface area contributed by atoms with Crippen LogP contribution < -0.4 is 15.2 Å². The van der Waals surface area contributed by atoms with Gasteiger partial charge < -0.3 is 24.7 Å². The van der Waals surface area contributed by atoms with E-state index in [0.29, 0.717) is 30.4 Å². The number of aromatic nitrogens is 4. The Bertz CT molecular complexity index is 699. The highest BCUT2D eigenvalue weighted by molar-refractivity contribution is 5.83. The van der Waals surface area contributed by atoms with Crippen molar-refractivity contribution in [2.45, 2.75) is 38.5 Å². The third kappa shape index (κ3) is 3.22. The molecule has 1 aliphatic rings. The van der Waals surface area contributed by atoms with Gasteiger partial charge in [0.25, 0.3) is 0 Å². The van der Waals surface area contributed by atoms with E-state index in [4.69, 9.17) is 24.7 Å². The highest BCUT2D eigenvalue weighted by atomic mass is 16.5. The molecular formula is C15H23N5O4. The predicted octanol–water partition coefficient (Wildman–Crippen LogP) is 1.53. The number of imidazole rings is 1. The van der Waals surface area contributed by atoms with Crippen molar-refractivity contribution < 1.29 is 18.9 Å². The summed E-state index contributed by atoms with van der Waals surface area (Å²) in [5.74, 6) is 0.243. The van der Waals surface area contributed by atoms with Crippen LogP contribution in [0.5, 0.6) is 12.0 Å². The highest BCUT2D eigenvalue weighted by Crippen LogP contribution is 2.33. The summed E-state index contributed by atoms with van der Waals surface area (Å²) in [4.78, 5) is 13.0. The van der Waals surface area contributed by atoms with Crippen molar-refractivity contribution in [1.29, 1.82) is 0 Å². The predicted molar refractivity (Wildman–Crippen MR) is 87.1 cm³/mol. The van der Waals surface area contributed by atoms with Crippen molar-refractivity contribution in [3.63, 3.8) is 0 Å². The molecule has 3 rings (SSSR count). The fraction of sp³-hybridized carbons (Fsp3) is 0.667. The van der Waals surface area contributed by atoms with Gasteiger partial charge in [-0.25, -0.2) is 0 Å². The lowest BCUT2D eigenvalue weighted by molar-refractivity contribution is -0.0334. The second-order valence-electron chi connectivity index (χ2n) is 5.74. The summed E-state index contributed by atoms with van der Waals surface area (Å²) in [6.07, 6.45) is 2.60. The second kappa shape index (κ2) is 7.18. The zero-order valence-corrected chi connectivity index (χ0v) is 14.2. The van der Waals surface area contributed by atoms with Crippen LogP contribution in [0.4, 0.5) is 5.82 Å². The molecule has 3 heterocycles. The molecule has 9 heteroatoms. The lowest BCUT2D eigenvalue weighted by Gasteiger charge is -2.24. The van der Waals surface area contributed by atoms with E-state index in [0.717, 1.165) is 19.3 Å². The van der Waals surface area contributed by atoms with Crippen LogP contribution in [-0.2, 0) is 9.47 Å². The van der Waals surface area contributed by atoms with E-state index in [1.165, 1.54) is 0 Å². The zero-order valence-electron chi connectivity index (χ0n) is 14.2. The maximum atomic E-state index is 6.04. The molecule has 0 aliphatic carbocycles. The van der Waals surface area contributed by atoms with Crippen molar-refractivity contribution in [2.75, 3.05) is 33.2 Å². The van der Waals surface area contributed by atoms with Crippen LogP contribution in [0.3, 0.4) is 0 Å². The number of nitrogens with zero attached hydrogens (tertiary/aromatic N) is 4. The Morgan fingerprint density at radius 2 is 2.12 bits per heavy atom. The first-order chi connectivity index (χ1) is 11.6. The van der Waals surface area contributed by atoms with Gasteiger partial charge in [0, 0.05) is 13.7 Å². The molecule has 9 nitrogen and oxygen atoms in total. The average Bonchev–Trinajstić information content (AvgIpc) is 2.95. The SMILES string of the molecule is COCC(C)Oc1nc(N)c2nc(OC)n(C3CCCCO3)c2n1. The first-order valence-corrected chi connectivity index (χ1v) is 8.00. The number of hydrogen-bond donors (Lipinski definition) is 1. The molecule has 2 N–H and O–H groups in total. The molecule has 0 saturated carbocycles. The van der Waals surface area contributed by atoms with E-state index >= 15 is 0 Å². The number of nitrogens with two attached hydrogens (primary N) is 1. The van der Waals surface area contributed by atoms with E-state index in [1.807, 2.05) is 11.5 Å². The second-order valence-corrected chi connectivity index (χ2v) is 5.74. The summed E-state index contributed by atoms with van der Waals surface area (Å²) in [5, 5.41) is 0. The molecule has 1 aliphatic heterocycles. The molecule has 24 heavy (non-hydrogen) atoms. The van der Waals surface area contributed by atoms with Gasteiger partial charge in [-0.15, -0.1) is 0 Å². The van der Waals surface area contributed by atoms with E-state index in [1.54, 1.807) is 14.2 Å². The fourth-order valence-corrected chi connectivity index (χ4v) is 2.79. The summed E-state index contributed by atoms with van der Waals surface area (Å²) in [5.41, 5.74) is 7.07. The molecule has 0 radical (unpaired) electrons. The van der Waals surface area contributed by atoms with Crippen LogP contribution in [-0.4, -0.2) is 53.1 Å². The van der Waals surface area contributed by atoms with Crippen molar-refractivity contribution in [3.05, 3.63) is 0 Å². The van der Waals surface area contributed by atoms with Crippen molar-refractivity contribution in [3.8, 4) is 12.0 Å². The minimum atomic E-state index is -0.198. The monoisotopic (exact) mass is 337 g/mol. The highest BCUT2D eigenvalue weighted by Gasteiger charge is 2.26. The van der Waals surface area contributed by atoms with Crippen molar-refractivity contribution in [1.82, 2.24) is 19.5 Å². The number of rotatable bonds is 6. The Morgan fingerprint density at radius 1 is 1.29 bits per heavy atom. The van der Waals surface area contributed by atoms with Crippen LogP contribution in [0.25, 0.3) is 11.2 Å². The van der Waals surface area contributed by atoms with Gasteiger partial charge >= 0.3 is 12.0 Å². The molecule has 2 atom stereocenters. The van der Waals surface area contributed by atoms with Gasteiger partial charge in [-0.1, -0.05) is 0 Å². The van der Waals surface area contributed by atoms with Crippen LogP contribution in [0, 0.1) is 0 Å². The van der Waals surface area contributed by atoms with E-state index < -0.39 is 0 Å². The smallest absolute Gasteiger partial charge is 0.320 e. The first-order valence-electron chi connectivity index (χ1n) is 8.00. The van der Waals surface area contributed by atoms with Crippen molar-refractivity contribution >= 4 is 17.0 Å². The maximum absolute atomic E-state index is 6.04. The van der Waals surface area contributed by atoms with Gasteiger partial charge in [0.05, 0.1) is 13.7 Å². The van der Waals surface area contributed by atoms with Crippen LogP contribution in [0.15, 0.2) is 0 Å². The summed E-state index contributed by atoms with van der Waals surface area (Å²) in [6.45, 7) is 2.99. The van der Waals surface area contributed by atoms with Gasteiger partial charge in [0.15, 0.2) is 17.0 Å². The molecule has 0 bridgehead atoms. The van der Waals surface area contributed by atoms with Crippen LogP contribution >= 0.6 is 0 Å². The summed E-state index contributed by atoms with van der Waals surface area (Å²) in [6, 6.07) is 0.587. The summed E-state index contributed by atoms with van der Waals surface area (Å²) < 4.78 is 23.8. The van der Waals surface area contributed by atoms with E-state index in [-0.39, 0.29) is 24.2 Å². The molecule has 132 valence electrons. The molecule has 2 aromatic rings. The number of fused-ring (bicyclic) bond motifs is 1. The summed E-state index contributed by atoms with van der Waals surface area (Å²) in [7, 11) is 3.17. The lowest BCUT2D eigenvalue weighted by Crippen LogP contribution is -2.21. The third-order valence-electron chi connectivity index (χ3n) is 3.85. The van der Waals surface area contributed by atoms with Gasteiger partial charge in [-0.05, 0) is 26.2 Å². The largest absolute Gasteiger partial charge is 0.468 e. The third-order valence-corrected chi connectivity index (χ3v) is 3.85. The van der Waals surface area contributed by atoms with Gasteiger partial charge in [0.2, 0.25) is 0 Å². The Labute approximate surface area is 140 Å². The zero-order chi connectivity index (χ0) is 17.1. The number of methoxy groups -OCH3 is 2. The standard InChI is InChI=1S/C15H23N5O4/c1-9(8-21-2)24-14-18-12(16)11-13(19-14)20(15(17-11)22-3)10-6-4-5-7-23-10/h9-10H,4-8H2,1-3H3,(H2,16,18,19). The normalized spacial score (nSPS) is 19.4. The Hall–Kier alpha value is -2.13. The Balaban J connectivity index is 2.02. The topological polar surface area (TPSA) is 107 Å². The molecule has 1 saturated heterocycles. The number of hydrogen-bond acceptors (Lipinski definition) is 8. The summed E-state index contributed by atoms with van der Waals surface area (Å²) >= 11 is 0. The molecular weight excluding hydrogens is 314 g/mol. The minimum Gasteiger partial charge on any atom is -0.468 e. The van der Waals surface area contributed by atoms with Gasteiger partial charge in [0.1, 0.15) is 12.3 Å². The fourth-order valence-electron chi connectivity index (χ4n) is 2.79. The van der Waals surface area contributed by atoms with Gasteiger partial charge in [-0.3, -0.25) is 4.57 Å². The molecule has 0 spiro atoms. The molecule has 2 aromatic heterocycles. The quantitative estimate of drug-likeness (QED) is 0.846. The molecule has 0 amide bonds. The van der Waals surface area contributed by atoms with Crippen LogP contribution in [0.2, 0.25) is 0 Å². The first kappa shape index (κ1) is 16.7. The maximum Gasteiger partial charge on any atom is 0.320 e. The van der Waals surface area contributed by atoms with E-state index in [9.17, 15) is 0 Å². The lowest BCUT2D eigenvalue weighted by atomic mass is 10.2. The van der Waals surface area contributed by atoms with Gasteiger partial charge in [-0.2, -0.15) is 15.0 Å². The number of ether oxygens (including phenoxy) is 4. The van der Waals surface area contributed by atoms with E-state index in [2.05, 4.69) is 15.0 Å². The molecule has 1 fully saturated rings. The molecule has 2 unspecified atom stereocenters. The Morgan fingerprint density at radius 3 is 2.79 bits per heavy atom. The Kier molecular flexibility index (Phi) is 5.00. The van der Waals surface area contributed by atoms with Crippen LogP contribution in [0.1, 0.15) is 32.4 Å². The number of anilines is 1. The minimum absolute atomic E-state index is 0.183. The molecule has 0 aromatic carbocycles. The number of nitrogen functional groups attached to an aromatic ring is 1. The van der Waals surface area contributed by atoms with Crippen molar-refractivity contribution in [2.24, 2.45) is 0 Å². The average molecular weight is 337 g/mol.